The molecule has 0 aliphatic heterocycles. The van der Waals surface area contributed by atoms with Crippen molar-refractivity contribution in [1.29, 1.82) is 0 Å². The molecule has 1 amide bonds. The van der Waals surface area contributed by atoms with Crippen LogP contribution in [0, 0.1) is 23.2 Å². The lowest BCUT2D eigenvalue weighted by Crippen LogP contribution is -2.53. The number of hydrogen-bond donors (Lipinski definition) is 2. The number of aromatic nitrogens is 1. The molecule has 1 heterocycles. The predicted octanol–water partition coefficient (Wildman–Crippen LogP) is 4.29. The van der Waals surface area contributed by atoms with Crippen LogP contribution in [0.2, 0.25) is 0 Å². The standard InChI is InChI=1S/C28H39N3O6S2/c1-8-13-31(5)26(33)16(2)19-11-12-28(4)15-21-24(17(3)23(28)25(19)32)29-27(38-21)30-39(34,35)22-14-18(36-6)9-10-20(22)37-7/h8-10,14,16-17,19,23,25,32H,1,11-13,15H2,2-7H3,(H,29,30)/t16-,17-,19-,23+,25-,28+/m0/s1. The fourth-order valence-corrected chi connectivity index (χ4v) is 9.25. The number of benzene rings is 1. The van der Waals surface area contributed by atoms with Gasteiger partial charge in [0, 0.05) is 36.4 Å². The Hall–Kier alpha value is -2.63. The lowest BCUT2D eigenvalue weighted by Gasteiger charge is -2.53. The van der Waals surface area contributed by atoms with Crippen molar-refractivity contribution in [2.24, 2.45) is 23.2 Å². The lowest BCUT2D eigenvalue weighted by atomic mass is 9.53. The van der Waals surface area contributed by atoms with Crippen LogP contribution in [0.1, 0.15) is 50.1 Å². The fourth-order valence-electron chi connectivity index (χ4n) is 6.57. The third-order valence-electron chi connectivity index (χ3n) is 8.61. The SMILES string of the molecule is C=CCN(C)C(=O)[C@@H](C)[C@@H]1CC[C@]2(C)Cc3sc(NS(=O)(=O)c4cc(OC)ccc4OC)nc3[C@@H](C)[C@@H]2[C@H]1O. The molecule has 0 unspecified atom stereocenters. The Balaban J connectivity index is 1.60. The molecule has 2 N–H and O–H groups in total. The van der Waals surface area contributed by atoms with Crippen molar-refractivity contribution in [3.8, 4) is 11.5 Å². The minimum Gasteiger partial charge on any atom is -0.497 e. The molecule has 2 aromatic rings. The van der Waals surface area contributed by atoms with E-state index in [-0.39, 0.29) is 50.8 Å². The molecule has 1 aromatic heterocycles. The van der Waals surface area contributed by atoms with Crippen molar-refractivity contribution >= 4 is 32.4 Å². The van der Waals surface area contributed by atoms with Crippen molar-refractivity contribution in [3.63, 3.8) is 0 Å². The average molecular weight is 578 g/mol. The van der Waals surface area contributed by atoms with Crippen molar-refractivity contribution in [2.75, 3.05) is 32.5 Å². The van der Waals surface area contributed by atoms with Gasteiger partial charge in [0.05, 0.1) is 26.0 Å². The average Bonchev–Trinajstić information content (AvgIpc) is 3.28. The smallest absolute Gasteiger partial charge is 0.267 e. The molecule has 214 valence electrons. The normalized spacial score (nSPS) is 27.1. The van der Waals surface area contributed by atoms with Crippen LogP contribution in [-0.2, 0) is 21.2 Å². The van der Waals surface area contributed by atoms with E-state index in [4.69, 9.17) is 14.5 Å². The van der Waals surface area contributed by atoms with E-state index < -0.39 is 16.1 Å². The molecule has 1 saturated carbocycles. The Morgan fingerprint density at radius 1 is 1.38 bits per heavy atom. The number of carbonyl (C=O) groups is 1. The van der Waals surface area contributed by atoms with E-state index in [0.29, 0.717) is 18.7 Å². The first-order valence-electron chi connectivity index (χ1n) is 13.1. The van der Waals surface area contributed by atoms with Crippen LogP contribution in [0.4, 0.5) is 5.13 Å². The number of likely N-dealkylation sites (N-methyl/N-ethyl adjacent to an activating group) is 1. The van der Waals surface area contributed by atoms with Crippen LogP contribution in [0.5, 0.6) is 11.5 Å². The third kappa shape index (κ3) is 5.40. The highest BCUT2D eigenvalue weighted by Crippen LogP contribution is 2.57. The largest absolute Gasteiger partial charge is 0.497 e. The minimum absolute atomic E-state index is 0.00465. The zero-order valence-corrected chi connectivity index (χ0v) is 25.1. The molecule has 1 fully saturated rings. The van der Waals surface area contributed by atoms with Crippen LogP contribution < -0.4 is 14.2 Å². The van der Waals surface area contributed by atoms with E-state index in [1.165, 1.54) is 31.6 Å². The fraction of sp³-hybridized carbons (Fsp3) is 0.571. The van der Waals surface area contributed by atoms with Gasteiger partial charge in [-0.3, -0.25) is 9.52 Å². The molecule has 1 aromatic carbocycles. The monoisotopic (exact) mass is 577 g/mol. The number of aliphatic hydroxyl groups excluding tert-OH is 1. The molecule has 6 atom stereocenters. The van der Waals surface area contributed by atoms with Gasteiger partial charge < -0.3 is 19.5 Å². The van der Waals surface area contributed by atoms with E-state index in [2.05, 4.69) is 18.2 Å². The van der Waals surface area contributed by atoms with Crippen LogP contribution in [-0.4, -0.2) is 63.2 Å². The quantitative estimate of drug-likeness (QED) is 0.427. The van der Waals surface area contributed by atoms with Crippen molar-refractivity contribution in [3.05, 3.63) is 41.4 Å². The Kier molecular flexibility index (Phi) is 8.35. The van der Waals surface area contributed by atoms with Gasteiger partial charge in [0.15, 0.2) is 5.13 Å². The van der Waals surface area contributed by atoms with Gasteiger partial charge in [0.2, 0.25) is 5.91 Å². The van der Waals surface area contributed by atoms with Crippen molar-refractivity contribution in [2.45, 2.75) is 57.0 Å². The van der Waals surface area contributed by atoms with Gasteiger partial charge in [0.25, 0.3) is 10.0 Å². The molecule has 0 bridgehead atoms. The van der Waals surface area contributed by atoms with E-state index in [0.717, 1.165) is 23.4 Å². The molecular weight excluding hydrogens is 538 g/mol. The summed E-state index contributed by atoms with van der Waals surface area (Å²) in [6, 6.07) is 4.60. The summed E-state index contributed by atoms with van der Waals surface area (Å²) in [4.78, 5) is 20.4. The van der Waals surface area contributed by atoms with Gasteiger partial charge in [-0.1, -0.05) is 26.8 Å². The van der Waals surface area contributed by atoms with Crippen molar-refractivity contribution < 1.29 is 27.8 Å². The number of rotatable bonds is 9. The number of fused-ring (bicyclic) bond motifs is 2. The van der Waals surface area contributed by atoms with Gasteiger partial charge in [-0.15, -0.1) is 17.9 Å². The number of hydrogen-bond acceptors (Lipinski definition) is 8. The molecular formula is C28H39N3O6S2. The zero-order chi connectivity index (χ0) is 28.7. The van der Waals surface area contributed by atoms with E-state index >= 15 is 0 Å². The van der Waals surface area contributed by atoms with Crippen LogP contribution in [0.15, 0.2) is 35.7 Å². The summed E-state index contributed by atoms with van der Waals surface area (Å²) in [6.45, 7) is 10.3. The number of nitrogens with zero attached hydrogens (tertiary/aromatic N) is 2. The topological polar surface area (TPSA) is 118 Å². The molecule has 9 nitrogen and oxygen atoms in total. The van der Waals surface area contributed by atoms with Gasteiger partial charge in [0.1, 0.15) is 16.4 Å². The highest BCUT2D eigenvalue weighted by atomic mass is 32.2. The number of ether oxygens (including phenoxy) is 2. The minimum atomic E-state index is -4.01. The van der Waals surface area contributed by atoms with Crippen LogP contribution in [0.25, 0.3) is 0 Å². The maximum absolute atomic E-state index is 13.3. The first-order chi connectivity index (χ1) is 18.4. The number of thiazole rings is 1. The highest BCUT2D eigenvalue weighted by molar-refractivity contribution is 7.93. The molecule has 39 heavy (non-hydrogen) atoms. The van der Waals surface area contributed by atoms with E-state index in [1.54, 1.807) is 30.2 Å². The number of aliphatic hydroxyl groups is 1. The van der Waals surface area contributed by atoms with Crippen molar-refractivity contribution in [1.82, 2.24) is 9.88 Å². The second-order valence-electron chi connectivity index (χ2n) is 11.1. The first kappa shape index (κ1) is 29.4. The summed E-state index contributed by atoms with van der Waals surface area (Å²) < 4.78 is 39.8. The van der Waals surface area contributed by atoms with E-state index in [9.17, 15) is 18.3 Å². The van der Waals surface area contributed by atoms with Crippen LogP contribution >= 0.6 is 11.3 Å². The van der Waals surface area contributed by atoms with Gasteiger partial charge in [-0.25, -0.2) is 13.4 Å². The number of sulfonamides is 1. The van der Waals surface area contributed by atoms with E-state index in [1.807, 2.05) is 13.8 Å². The zero-order valence-electron chi connectivity index (χ0n) is 23.4. The lowest BCUT2D eigenvalue weighted by molar-refractivity contribution is -0.143. The highest BCUT2D eigenvalue weighted by Gasteiger charge is 2.54. The van der Waals surface area contributed by atoms with Gasteiger partial charge >= 0.3 is 0 Å². The number of anilines is 1. The van der Waals surface area contributed by atoms with Gasteiger partial charge in [-0.2, -0.15) is 0 Å². The number of carbonyl (C=O) groups excluding carboxylic acids is 1. The third-order valence-corrected chi connectivity index (χ3v) is 11.1. The molecule has 0 radical (unpaired) electrons. The maximum Gasteiger partial charge on any atom is 0.267 e. The second kappa shape index (κ2) is 11.1. The molecule has 11 heteroatoms. The molecule has 4 rings (SSSR count). The summed E-state index contributed by atoms with van der Waals surface area (Å²) in [5, 5.41) is 11.9. The summed E-state index contributed by atoms with van der Waals surface area (Å²) >= 11 is 1.34. The Morgan fingerprint density at radius 2 is 2.10 bits per heavy atom. The summed E-state index contributed by atoms with van der Waals surface area (Å²) in [5.74, 6) is -0.0904. The predicted molar refractivity (Wildman–Crippen MR) is 152 cm³/mol. The first-order valence-corrected chi connectivity index (χ1v) is 15.4. The molecule has 0 spiro atoms. The summed E-state index contributed by atoms with van der Waals surface area (Å²) in [7, 11) is 0.636. The van der Waals surface area contributed by atoms with Crippen LogP contribution in [0.3, 0.4) is 0 Å². The molecule has 0 saturated heterocycles. The second-order valence-corrected chi connectivity index (χ2v) is 13.8. The Bertz CT molecular complexity index is 1340. The maximum atomic E-state index is 13.3. The molecule has 2 aliphatic carbocycles. The molecule has 2 aliphatic rings. The summed E-state index contributed by atoms with van der Waals surface area (Å²) in [6.07, 6.45) is 3.33. The Morgan fingerprint density at radius 3 is 2.74 bits per heavy atom. The number of amides is 1. The Labute approximate surface area is 235 Å². The van der Waals surface area contributed by atoms with Gasteiger partial charge in [-0.05, 0) is 48.6 Å². The number of nitrogens with one attached hydrogen (secondary N) is 1. The number of methoxy groups -OCH3 is 2. The summed E-state index contributed by atoms with van der Waals surface area (Å²) in [5.41, 5.74) is 0.622.